The average Bonchev–Trinajstić information content (AvgIpc) is 3.07. The van der Waals surface area contributed by atoms with E-state index >= 15 is 0 Å². The molecule has 2 aromatic rings. The predicted octanol–water partition coefficient (Wildman–Crippen LogP) is 2.81. The Hall–Kier alpha value is -2.13. The van der Waals surface area contributed by atoms with Crippen molar-refractivity contribution in [2.45, 2.75) is 32.8 Å². The van der Waals surface area contributed by atoms with E-state index in [0.717, 1.165) is 12.8 Å². The number of aromatic nitrogens is 3. The molecule has 0 aromatic carbocycles. The van der Waals surface area contributed by atoms with Crippen LogP contribution in [0.5, 0.6) is 0 Å². The zero-order valence-corrected chi connectivity index (χ0v) is 11.0. The maximum Gasteiger partial charge on any atom is 0.259 e. The first kappa shape index (κ1) is 13.3. The maximum absolute atomic E-state index is 8.76. The number of nitriles is 1. The molecule has 6 heteroatoms. The number of rotatable bonds is 6. The number of H-pyrrole nitrogens is 1. The van der Waals surface area contributed by atoms with Gasteiger partial charge in [0.15, 0.2) is 0 Å². The average molecular weight is 260 g/mol. The zero-order chi connectivity index (χ0) is 13.7. The van der Waals surface area contributed by atoms with E-state index in [1.165, 1.54) is 0 Å². The Morgan fingerprint density at radius 3 is 3.00 bits per heavy atom. The molecule has 0 bridgehead atoms. The van der Waals surface area contributed by atoms with Gasteiger partial charge in [-0.15, -0.1) is 0 Å². The van der Waals surface area contributed by atoms with Crippen LogP contribution in [-0.4, -0.2) is 21.7 Å². The first-order valence-corrected chi connectivity index (χ1v) is 6.32. The standard InChI is InChI=1S/C13H16N4O2/c1-3-5-11(18-4-2)12-16-13(19-17-12)9-6-10(7-14)15-8-9/h6,8,11,15H,3-5H2,1-2H3. The van der Waals surface area contributed by atoms with Crippen LogP contribution in [0.1, 0.15) is 44.3 Å². The van der Waals surface area contributed by atoms with Gasteiger partial charge in [0, 0.05) is 12.8 Å². The molecule has 0 aliphatic heterocycles. The molecule has 0 aliphatic rings. The maximum atomic E-state index is 8.76. The van der Waals surface area contributed by atoms with Gasteiger partial charge in [-0.1, -0.05) is 18.5 Å². The van der Waals surface area contributed by atoms with Crippen molar-refractivity contribution in [3.8, 4) is 17.5 Å². The van der Waals surface area contributed by atoms with Crippen LogP contribution in [0.4, 0.5) is 0 Å². The summed E-state index contributed by atoms with van der Waals surface area (Å²) in [7, 11) is 0. The minimum Gasteiger partial charge on any atom is -0.370 e. The van der Waals surface area contributed by atoms with Crippen molar-refractivity contribution in [1.82, 2.24) is 15.1 Å². The smallest absolute Gasteiger partial charge is 0.259 e. The fourth-order valence-corrected chi connectivity index (χ4v) is 1.82. The normalized spacial score (nSPS) is 12.3. The molecule has 1 unspecified atom stereocenters. The van der Waals surface area contributed by atoms with E-state index in [1.807, 2.05) is 13.0 Å². The molecule has 2 aromatic heterocycles. The van der Waals surface area contributed by atoms with Crippen LogP contribution in [0.15, 0.2) is 16.8 Å². The van der Waals surface area contributed by atoms with Crippen molar-refractivity contribution < 1.29 is 9.26 Å². The number of nitrogens with zero attached hydrogens (tertiary/aromatic N) is 3. The quantitative estimate of drug-likeness (QED) is 0.862. The van der Waals surface area contributed by atoms with Crippen molar-refractivity contribution in [2.75, 3.05) is 6.61 Å². The van der Waals surface area contributed by atoms with Gasteiger partial charge in [-0.25, -0.2) is 0 Å². The number of nitrogens with one attached hydrogen (secondary N) is 1. The number of hydrogen-bond donors (Lipinski definition) is 1. The molecule has 2 rings (SSSR count). The first-order chi connectivity index (χ1) is 9.28. The lowest BCUT2D eigenvalue weighted by Gasteiger charge is -2.10. The minimum atomic E-state index is -0.137. The molecule has 0 fully saturated rings. The summed E-state index contributed by atoms with van der Waals surface area (Å²) in [5, 5.41) is 12.7. The highest BCUT2D eigenvalue weighted by molar-refractivity contribution is 5.54. The van der Waals surface area contributed by atoms with Gasteiger partial charge in [0.2, 0.25) is 5.82 Å². The van der Waals surface area contributed by atoms with Crippen molar-refractivity contribution in [1.29, 1.82) is 5.26 Å². The van der Waals surface area contributed by atoms with Crippen LogP contribution in [0.2, 0.25) is 0 Å². The zero-order valence-electron chi connectivity index (χ0n) is 11.0. The van der Waals surface area contributed by atoms with Gasteiger partial charge in [0.05, 0.1) is 5.56 Å². The lowest BCUT2D eigenvalue weighted by atomic mass is 10.2. The summed E-state index contributed by atoms with van der Waals surface area (Å²) in [4.78, 5) is 7.16. The highest BCUT2D eigenvalue weighted by atomic mass is 16.5. The van der Waals surface area contributed by atoms with Crippen molar-refractivity contribution in [3.05, 3.63) is 23.8 Å². The third-order valence-corrected chi connectivity index (χ3v) is 2.70. The topological polar surface area (TPSA) is 87.7 Å². The van der Waals surface area contributed by atoms with Crippen LogP contribution >= 0.6 is 0 Å². The van der Waals surface area contributed by atoms with Gasteiger partial charge in [0.25, 0.3) is 5.89 Å². The lowest BCUT2D eigenvalue weighted by molar-refractivity contribution is 0.0478. The van der Waals surface area contributed by atoms with E-state index in [-0.39, 0.29) is 6.10 Å². The molecule has 1 atom stereocenters. The van der Waals surface area contributed by atoms with Crippen LogP contribution in [0, 0.1) is 11.3 Å². The summed E-state index contributed by atoms with van der Waals surface area (Å²) in [6.45, 7) is 4.63. The lowest BCUT2D eigenvalue weighted by Crippen LogP contribution is -2.05. The number of ether oxygens (including phenoxy) is 1. The Kier molecular flexibility index (Phi) is 4.31. The van der Waals surface area contributed by atoms with E-state index in [1.54, 1.807) is 12.3 Å². The van der Waals surface area contributed by atoms with Crippen LogP contribution in [-0.2, 0) is 4.74 Å². The molecule has 19 heavy (non-hydrogen) atoms. The Labute approximate surface area is 111 Å². The summed E-state index contributed by atoms with van der Waals surface area (Å²) in [5.41, 5.74) is 1.17. The molecule has 6 nitrogen and oxygen atoms in total. The largest absolute Gasteiger partial charge is 0.370 e. The van der Waals surface area contributed by atoms with E-state index in [9.17, 15) is 0 Å². The van der Waals surface area contributed by atoms with Gasteiger partial charge in [0.1, 0.15) is 17.9 Å². The first-order valence-electron chi connectivity index (χ1n) is 6.32. The minimum absolute atomic E-state index is 0.137. The van der Waals surface area contributed by atoms with Crippen LogP contribution in [0.3, 0.4) is 0 Å². The Morgan fingerprint density at radius 1 is 1.53 bits per heavy atom. The highest BCUT2D eigenvalue weighted by Gasteiger charge is 2.19. The summed E-state index contributed by atoms with van der Waals surface area (Å²) in [6.07, 6.45) is 3.37. The SMILES string of the molecule is CCCC(OCC)c1noc(-c2c[nH]c(C#N)c2)n1. The van der Waals surface area contributed by atoms with E-state index in [4.69, 9.17) is 14.5 Å². The van der Waals surface area contributed by atoms with Crippen molar-refractivity contribution >= 4 is 0 Å². The van der Waals surface area contributed by atoms with E-state index in [2.05, 4.69) is 22.0 Å². The Balaban J connectivity index is 2.19. The van der Waals surface area contributed by atoms with Crippen molar-refractivity contribution in [3.63, 3.8) is 0 Å². The molecule has 0 amide bonds. The molecule has 0 aliphatic carbocycles. The van der Waals surface area contributed by atoms with Crippen LogP contribution < -0.4 is 0 Å². The monoisotopic (exact) mass is 260 g/mol. The highest BCUT2D eigenvalue weighted by Crippen LogP contribution is 2.24. The molecule has 0 saturated heterocycles. The third-order valence-electron chi connectivity index (χ3n) is 2.70. The summed E-state index contributed by atoms with van der Waals surface area (Å²) < 4.78 is 10.8. The Bertz CT molecular complexity index is 561. The van der Waals surface area contributed by atoms with Crippen LogP contribution in [0.25, 0.3) is 11.5 Å². The molecule has 1 N–H and O–H groups in total. The van der Waals surface area contributed by atoms with E-state index in [0.29, 0.717) is 29.6 Å². The van der Waals surface area contributed by atoms with E-state index < -0.39 is 0 Å². The molecule has 0 saturated carbocycles. The second kappa shape index (κ2) is 6.16. The van der Waals surface area contributed by atoms with Gasteiger partial charge in [-0.2, -0.15) is 10.2 Å². The fourth-order valence-electron chi connectivity index (χ4n) is 1.82. The molecule has 0 radical (unpaired) electrons. The van der Waals surface area contributed by atoms with Gasteiger partial charge in [-0.05, 0) is 19.4 Å². The molecular weight excluding hydrogens is 244 g/mol. The number of aromatic amines is 1. The summed E-state index contributed by atoms with van der Waals surface area (Å²) in [5.74, 6) is 0.951. The number of hydrogen-bond acceptors (Lipinski definition) is 5. The fraction of sp³-hybridized carbons (Fsp3) is 0.462. The second-order valence-corrected chi connectivity index (χ2v) is 4.10. The van der Waals surface area contributed by atoms with Gasteiger partial charge in [-0.3, -0.25) is 0 Å². The molecule has 2 heterocycles. The summed E-state index contributed by atoms with van der Waals surface area (Å²) in [6, 6.07) is 3.69. The molecule has 0 spiro atoms. The summed E-state index contributed by atoms with van der Waals surface area (Å²) >= 11 is 0. The van der Waals surface area contributed by atoms with Crippen molar-refractivity contribution in [2.24, 2.45) is 0 Å². The molecular formula is C13H16N4O2. The van der Waals surface area contributed by atoms with Gasteiger partial charge < -0.3 is 14.2 Å². The van der Waals surface area contributed by atoms with Gasteiger partial charge >= 0.3 is 0 Å². The third kappa shape index (κ3) is 3.01. The predicted molar refractivity (Wildman–Crippen MR) is 68.1 cm³/mol. The second-order valence-electron chi connectivity index (χ2n) is 4.10. The Morgan fingerprint density at radius 2 is 2.37 bits per heavy atom. The molecule has 100 valence electrons.